The number of carbonyl (C=O) groups is 2. The Hall–Kier alpha value is -2.30. The van der Waals surface area contributed by atoms with Gasteiger partial charge in [0.1, 0.15) is 5.58 Å². The van der Waals surface area contributed by atoms with E-state index in [9.17, 15) is 14.7 Å². The number of fused-ring (bicyclic) bond motifs is 1. The van der Waals surface area contributed by atoms with Crippen LogP contribution >= 0.6 is 0 Å². The van der Waals surface area contributed by atoms with E-state index in [1.807, 2.05) is 32.0 Å². The third-order valence-electron chi connectivity index (χ3n) is 4.85. The molecule has 1 unspecified atom stereocenters. The number of piperidine rings is 1. The van der Waals surface area contributed by atoms with Crippen LogP contribution in [0.3, 0.4) is 0 Å². The van der Waals surface area contributed by atoms with Gasteiger partial charge in [-0.2, -0.15) is 0 Å². The number of benzene rings is 1. The SMILES string of the molecule is Cc1c(C(=O)N2CCCC(C)(C(=O)O)C2)oc2c(C)cccc12. The number of aryl methyl sites for hydroxylation is 2. The molecule has 1 aromatic heterocycles. The summed E-state index contributed by atoms with van der Waals surface area (Å²) < 4.78 is 5.83. The van der Waals surface area contributed by atoms with Crippen LogP contribution in [0.15, 0.2) is 22.6 Å². The average molecular weight is 315 g/mol. The lowest BCUT2D eigenvalue weighted by atomic mass is 9.82. The van der Waals surface area contributed by atoms with E-state index in [2.05, 4.69) is 0 Å². The van der Waals surface area contributed by atoms with E-state index >= 15 is 0 Å². The summed E-state index contributed by atoms with van der Waals surface area (Å²) in [4.78, 5) is 25.9. The average Bonchev–Trinajstić information content (AvgIpc) is 2.85. The summed E-state index contributed by atoms with van der Waals surface area (Å²) in [5.74, 6) is -0.749. The van der Waals surface area contributed by atoms with Gasteiger partial charge in [0.2, 0.25) is 0 Å². The zero-order valence-corrected chi connectivity index (χ0v) is 13.7. The molecule has 2 heterocycles. The van der Waals surface area contributed by atoms with Crippen LogP contribution in [0.5, 0.6) is 0 Å². The van der Waals surface area contributed by atoms with E-state index in [0.717, 1.165) is 22.1 Å². The second-order valence-corrected chi connectivity index (χ2v) is 6.70. The van der Waals surface area contributed by atoms with Gasteiger partial charge in [-0.15, -0.1) is 0 Å². The Kier molecular flexibility index (Phi) is 3.66. The third-order valence-corrected chi connectivity index (χ3v) is 4.85. The van der Waals surface area contributed by atoms with Gasteiger partial charge in [-0.3, -0.25) is 9.59 Å². The number of hydrogen-bond acceptors (Lipinski definition) is 3. The van der Waals surface area contributed by atoms with E-state index in [4.69, 9.17) is 4.42 Å². The number of carbonyl (C=O) groups excluding carboxylic acids is 1. The van der Waals surface area contributed by atoms with Gasteiger partial charge in [0.25, 0.3) is 5.91 Å². The molecule has 2 aromatic rings. The number of carboxylic acids is 1. The van der Waals surface area contributed by atoms with Crippen molar-refractivity contribution in [3.63, 3.8) is 0 Å². The fourth-order valence-corrected chi connectivity index (χ4v) is 3.32. The molecule has 1 aliphatic heterocycles. The lowest BCUT2D eigenvalue weighted by Gasteiger charge is -2.37. The van der Waals surface area contributed by atoms with Crippen molar-refractivity contribution in [1.29, 1.82) is 0 Å². The number of furan rings is 1. The standard InChI is InChI=1S/C18H21NO4/c1-11-6-4-7-13-12(2)15(23-14(11)13)16(20)19-9-5-8-18(3,10-19)17(21)22/h4,6-7H,5,8-10H2,1-3H3,(H,21,22). The van der Waals surface area contributed by atoms with Crippen LogP contribution in [0.2, 0.25) is 0 Å². The zero-order valence-electron chi connectivity index (χ0n) is 13.7. The fraction of sp³-hybridized carbons (Fsp3) is 0.444. The Bertz CT molecular complexity index is 792. The number of carboxylic acid groups (broad SMARTS) is 1. The molecular formula is C18H21NO4. The van der Waals surface area contributed by atoms with Crippen molar-refractivity contribution in [2.45, 2.75) is 33.6 Å². The number of likely N-dealkylation sites (tertiary alicyclic amines) is 1. The highest BCUT2D eigenvalue weighted by Gasteiger charge is 2.40. The largest absolute Gasteiger partial charge is 0.481 e. The zero-order chi connectivity index (χ0) is 16.8. The van der Waals surface area contributed by atoms with Gasteiger partial charge in [-0.1, -0.05) is 18.2 Å². The van der Waals surface area contributed by atoms with Crippen molar-refractivity contribution in [1.82, 2.24) is 4.90 Å². The van der Waals surface area contributed by atoms with Crippen LogP contribution in [-0.2, 0) is 4.79 Å². The van der Waals surface area contributed by atoms with Crippen LogP contribution in [-0.4, -0.2) is 35.0 Å². The van der Waals surface area contributed by atoms with Crippen LogP contribution in [0.25, 0.3) is 11.0 Å². The minimum absolute atomic E-state index is 0.217. The number of amides is 1. The molecule has 23 heavy (non-hydrogen) atoms. The number of aliphatic carboxylic acids is 1. The maximum atomic E-state index is 12.9. The molecule has 0 bridgehead atoms. The molecular weight excluding hydrogens is 294 g/mol. The maximum absolute atomic E-state index is 12.9. The Morgan fingerprint density at radius 1 is 1.30 bits per heavy atom. The summed E-state index contributed by atoms with van der Waals surface area (Å²) in [7, 11) is 0. The van der Waals surface area contributed by atoms with Gasteiger partial charge < -0.3 is 14.4 Å². The molecule has 0 aliphatic carbocycles. The monoisotopic (exact) mass is 315 g/mol. The topological polar surface area (TPSA) is 70.8 Å². The van der Waals surface area contributed by atoms with Gasteiger partial charge in [-0.25, -0.2) is 0 Å². The first-order chi connectivity index (χ1) is 10.8. The predicted octanol–water partition coefficient (Wildman–Crippen LogP) is 3.38. The summed E-state index contributed by atoms with van der Waals surface area (Å²) in [5.41, 5.74) is 1.64. The van der Waals surface area contributed by atoms with Gasteiger partial charge >= 0.3 is 5.97 Å². The molecule has 1 aliphatic rings. The first-order valence-electron chi connectivity index (χ1n) is 7.85. The number of nitrogens with zero attached hydrogens (tertiary/aromatic N) is 1. The van der Waals surface area contributed by atoms with E-state index < -0.39 is 11.4 Å². The van der Waals surface area contributed by atoms with Crippen molar-refractivity contribution < 1.29 is 19.1 Å². The Balaban J connectivity index is 1.96. The first-order valence-corrected chi connectivity index (χ1v) is 7.85. The molecule has 1 fully saturated rings. The molecule has 3 rings (SSSR count). The van der Waals surface area contributed by atoms with Gasteiger partial charge in [0.15, 0.2) is 5.76 Å². The van der Waals surface area contributed by atoms with Crippen molar-refractivity contribution in [2.75, 3.05) is 13.1 Å². The molecule has 5 nitrogen and oxygen atoms in total. The van der Waals surface area contributed by atoms with E-state index in [1.165, 1.54) is 0 Å². The second-order valence-electron chi connectivity index (χ2n) is 6.70. The van der Waals surface area contributed by atoms with Crippen LogP contribution in [0.1, 0.15) is 41.4 Å². The highest BCUT2D eigenvalue weighted by atomic mass is 16.4. The van der Waals surface area contributed by atoms with E-state index in [1.54, 1.807) is 11.8 Å². The quantitative estimate of drug-likeness (QED) is 0.922. The first kappa shape index (κ1) is 15.6. The predicted molar refractivity (Wildman–Crippen MR) is 86.6 cm³/mol. The Morgan fingerprint density at radius 3 is 2.70 bits per heavy atom. The Labute approximate surface area is 134 Å². The van der Waals surface area contributed by atoms with Crippen molar-refractivity contribution in [2.24, 2.45) is 5.41 Å². The highest BCUT2D eigenvalue weighted by Crippen LogP contribution is 2.33. The molecule has 0 radical (unpaired) electrons. The molecule has 1 N–H and O–H groups in total. The molecule has 0 saturated carbocycles. The van der Waals surface area contributed by atoms with Crippen LogP contribution in [0, 0.1) is 19.3 Å². The lowest BCUT2D eigenvalue weighted by molar-refractivity contribution is -0.150. The second kappa shape index (κ2) is 5.41. The lowest BCUT2D eigenvalue weighted by Crippen LogP contribution is -2.48. The Morgan fingerprint density at radius 2 is 2.04 bits per heavy atom. The third kappa shape index (κ3) is 2.50. The van der Waals surface area contributed by atoms with Gasteiger partial charge in [0.05, 0.1) is 5.41 Å². The molecule has 1 saturated heterocycles. The van der Waals surface area contributed by atoms with Gasteiger partial charge in [0, 0.05) is 24.0 Å². The van der Waals surface area contributed by atoms with Gasteiger partial charge in [-0.05, 0) is 39.2 Å². The smallest absolute Gasteiger partial charge is 0.311 e. The normalized spacial score (nSPS) is 21.6. The minimum Gasteiger partial charge on any atom is -0.481 e. The molecule has 122 valence electrons. The maximum Gasteiger partial charge on any atom is 0.311 e. The van der Waals surface area contributed by atoms with Crippen molar-refractivity contribution in [3.8, 4) is 0 Å². The number of para-hydroxylation sites is 1. The van der Waals surface area contributed by atoms with Crippen molar-refractivity contribution in [3.05, 3.63) is 35.1 Å². The summed E-state index contributed by atoms with van der Waals surface area (Å²) in [6, 6.07) is 5.83. The van der Waals surface area contributed by atoms with Crippen LogP contribution < -0.4 is 0 Å². The number of hydrogen-bond donors (Lipinski definition) is 1. The summed E-state index contributed by atoms with van der Waals surface area (Å²) in [6.45, 7) is 6.30. The molecule has 0 spiro atoms. The summed E-state index contributed by atoms with van der Waals surface area (Å²) in [6.07, 6.45) is 1.27. The molecule has 1 atom stereocenters. The highest BCUT2D eigenvalue weighted by molar-refractivity contribution is 5.99. The molecule has 1 aromatic carbocycles. The van der Waals surface area contributed by atoms with Crippen LogP contribution in [0.4, 0.5) is 0 Å². The number of rotatable bonds is 2. The minimum atomic E-state index is -0.885. The summed E-state index contributed by atoms with van der Waals surface area (Å²) >= 11 is 0. The summed E-state index contributed by atoms with van der Waals surface area (Å²) in [5, 5.41) is 10.3. The molecule has 5 heteroatoms. The fourth-order valence-electron chi connectivity index (χ4n) is 3.32. The van der Waals surface area contributed by atoms with E-state index in [0.29, 0.717) is 25.1 Å². The van der Waals surface area contributed by atoms with E-state index in [-0.39, 0.29) is 12.5 Å². The van der Waals surface area contributed by atoms with Crippen molar-refractivity contribution >= 4 is 22.8 Å². The molecule has 1 amide bonds.